The Hall–Kier alpha value is -2.28. The van der Waals surface area contributed by atoms with Gasteiger partial charge in [-0.25, -0.2) is 4.79 Å². The van der Waals surface area contributed by atoms with Gasteiger partial charge in [-0.3, -0.25) is 4.99 Å². The second kappa shape index (κ2) is 8.34. The number of ether oxygens (including phenoxy) is 3. The van der Waals surface area contributed by atoms with Gasteiger partial charge in [0.25, 0.3) is 0 Å². The van der Waals surface area contributed by atoms with Crippen LogP contribution in [-0.2, 0) is 20.6 Å². The van der Waals surface area contributed by atoms with E-state index >= 15 is 0 Å². The van der Waals surface area contributed by atoms with Gasteiger partial charge in [-0.1, -0.05) is 37.3 Å². The molecular weight excluding hydrogens is 394 g/mol. The van der Waals surface area contributed by atoms with Crippen molar-refractivity contribution in [2.45, 2.75) is 77.7 Å². The van der Waals surface area contributed by atoms with Crippen LogP contribution in [-0.4, -0.2) is 47.5 Å². The molecule has 0 saturated carbocycles. The minimum atomic E-state index is -0.822. The number of benzene rings is 1. The number of fused-ring (bicyclic) bond motifs is 4. The topological polar surface area (TPSA) is 77.4 Å². The smallest absolute Gasteiger partial charge is 0.339 e. The third-order valence-corrected chi connectivity index (χ3v) is 6.21. The van der Waals surface area contributed by atoms with Crippen LogP contribution >= 0.6 is 0 Å². The maximum atomic E-state index is 13.2. The third kappa shape index (κ3) is 4.38. The molecule has 1 saturated heterocycles. The van der Waals surface area contributed by atoms with E-state index in [9.17, 15) is 9.90 Å². The van der Waals surface area contributed by atoms with Gasteiger partial charge in [-0.05, 0) is 45.2 Å². The number of hydrogen-bond donors (Lipinski definition) is 1. The number of aliphatic hydroxyl groups excluding tert-OH is 1. The van der Waals surface area contributed by atoms with Crippen molar-refractivity contribution < 1.29 is 24.1 Å². The number of carbonyl (C=O) groups excluding carboxylic acids is 1. The molecule has 0 aliphatic carbocycles. The summed E-state index contributed by atoms with van der Waals surface area (Å²) in [5.41, 5.74) is 4.13. The highest BCUT2D eigenvalue weighted by Crippen LogP contribution is 2.37. The van der Waals surface area contributed by atoms with E-state index in [4.69, 9.17) is 14.2 Å². The van der Waals surface area contributed by atoms with Gasteiger partial charge < -0.3 is 19.3 Å². The summed E-state index contributed by atoms with van der Waals surface area (Å²) in [7, 11) is 0. The van der Waals surface area contributed by atoms with Crippen molar-refractivity contribution in [3.63, 3.8) is 0 Å². The van der Waals surface area contributed by atoms with Crippen molar-refractivity contribution in [2.24, 2.45) is 10.9 Å². The zero-order valence-corrected chi connectivity index (χ0v) is 18.8. The van der Waals surface area contributed by atoms with Crippen molar-refractivity contribution in [3.8, 4) is 0 Å². The van der Waals surface area contributed by atoms with E-state index in [0.29, 0.717) is 12.0 Å². The maximum Gasteiger partial charge on any atom is 0.339 e. The summed E-state index contributed by atoms with van der Waals surface area (Å²) in [5.74, 6) is -1.21. The first kappa shape index (κ1) is 21.9. The molecular formula is C25H31NO5. The highest BCUT2D eigenvalue weighted by Gasteiger charge is 2.43. The highest BCUT2D eigenvalue weighted by atomic mass is 16.8. The molecule has 166 valence electrons. The Kier molecular flexibility index (Phi) is 5.90. The second-order valence-corrected chi connectivity index (χ2v) is 9.13. The van der Waals surface area contributed by atoms with Crippen molar-refractivity contribution in [1.29, 1.82) is 0 Å². The van der Waals surface area contributed by atoms with E-state index < -0.39 is 18.0 Å². The lowest BCUT2D eigenvalue weighted by Crippen LogP contribution is -2.34. The van der Waals surface area contributed by atoms with E-state index in [1.807, 2.05) is 65.1 Å². The molecule has 6 nitrogen and oxygen atoms in total. The molecule has 31 heavy (non-hydrogen) atoms. The van der Waals surface area contributed by atoms with Crippen LogP contribution in [0.5, 0.6) is 0 Å². The van der Waals surface area contributed by atoms with E-state index in [1.165, 1.54) is 0 Å². The molecule has 3 aliphatic rings. The average molecular weight is 426 g/mol. The molecule has 3 aliphatic heterocycles. The van der Waals surface area contributed by atoms with Crippen LogP contribution in [0, 0.1) is 12.8 Å². The Morgan fingerprint density at radius 3 is 2.74 bits per heavy atom. The van der Waals surface area contributed by atoms with E-state index in [0.717, 1.165) is 28.8 Å². The first-order chi connectivity index (χ1) is 14.7. The summed E-state index contributed by atoms with van der Waals surface area (Å²) in [5, 5.41) is 10.8. The molecule has 0 amide bonds. The Morgan fingerprint density at radius 2 is 1.97 bits per heavy atom. The summed E-state index contributed by atoms with van der Waals surface area (Å²) in [6.07, 6.45) is 8.67. The monoisotopic (exact) mass is 425 g/mol. The van der Waals surface area contributed by atoms with E-state index in [-0.39, 0.29) is 24.1 Å². The summed E-state index contributed by atoms with van der Waals surface area (Å²) < 4.78 is 17.9. The quantitative estimate of drug-likeness (QED) is 0.496. The van der Waals surface area contributed by atoms with Crippen LogP contribution in [0.1, 0.15) is 61.2 Å². The Balaban J connectivity index is 1.78. The van der Waals surface area contributed by atoms with Crippen molar-refractivity contribution in [2.75, 3.05) is 0 Å². The van der Waals surface area contributed by atoms with Crippen LogP contribution in [0.4, 0.5) is 5.69 Å². The van der Waals surface area contributed by atoms with Crippen molar-refractivity contribution in [3.05, 3.63) is 46.5 Å². The minimum Gasteiger partial charge on any atom is -0.458 e. The number of esters is 1. The number of carbonyl (C=O) groups is 1. The molecule has 1 N–H and O–H groups in total. The molecule has 3 heterocycles. The zero-order valence-electron chi connectivity index (χ0n) is 18.8. The molecule has 4 rings (SSSR count). The number of nitrogens with zero attached hydrogens (tertiary/aromatic N) is 1. The molecule has 1 unspecified atom stereocenters. The summed E-state index contributed by atoms with van der Waals surface area (Å²) in [6, 6.07) is 2.02. The molecule has 5 atom stereocenters. The largest absolute Gasteiger partial charge is 0.458 e. The van der Waals surface area contributed by atoms with Gasteiger partial charge in [0.05, 0.1) is 17.4 Å². The standard InChI is InChI=1S/C25H31NO5/c1-14-9-10-19(27)23-20(30-25(4,5)31-23)8-6-7-18-21(24(28)29-16(14)3)15(2)13-17-11-12-26-22(17)18/h6-7,9-10,12-14,16,19-20,23,27H,8,11H2,1-5H3/b7-6?,10-9-/t14-,16+,19?,20+,23-/m1/s1. The van der Waals surface area contributed by atoms with Crippen LogP contribution in [0.3, 0.4) is 0 Å². The summed E-state index contributed by atoms with van der Waals surface area (Å²) in [6.45, 7) is 9.47. The van der Waals surface area contributed by atoms with Crippen LogP contribution in [0.2, 0.25) is 0 Å². The molecule has 0 bridgehead atoms. The number of aliphatic imine (C=N–C) groups is 1. The fraction of sp³-hybridized carbons (Fsp3) is 0.520. The normalized spacial score (nSPS) is 33.2. The molecule has 1 fully saturated rings. The van der Waals surface area contributed by atoms with Gasteiger partial charge in [0, 0.05) is 24.1 Å². The van der Waals surface area contributed by atoms with Gasteiger partial charge >= 0.3 is 5.97 Å². The molecule has 6 heteroatoms. The maximum absolute atomic E-state index is 13.2. The van der Waals surface area contributed by atoms with Crippen LogP contribution < -0.4 is 0 Å². The molecule has 1 aromatic carbocycles. The second-order valence-electron chi connectivity index (χ2n) is 9.13. The molecule has 1 aromatic rings. The molecule has 0 radical (unpaired) electrons. The molecule has 0 spiro atoms. The predicted octanol–water partition coefficient (Wildman–Crippen LogP) is 4.29. The lowest BCUT2D eigenvalue weighted by Gasteiger charge is -2.23. The number of hydrogen-bond acceptors (Lipinski definition) is 6. The van der Waals surface area contributed by atoms with Gasteiger partial charge in [-0.15, -0.1) is 0 Å². The summed E-state index contributed by atoms with van der Waals surface area (Å²) >= 11 is 0. The number of aliphatic hydroxyl groups is 1. The number of aryl methyl sites for hydroxylation is 1. The van der Waals surface area contributed by atoms with E-state index in [1.54, 1.807) is 6.08 Å². The average Bonchev–Trinajstić information content (AvgIpc) is 3.28. The van der Waals surface area contributed by atoms with Crippen LogP contribution in [0.25, 0.3) is 6.08 Å². The Labute approximate surface area is 183 Å². The van der Waals surface area contributed by atoms with Gasteiger partial charge in [0.2, 0.25) is 0 Å². The lowest BCUT2D eigenvalue weighted by molar-refractivity contribution is -0.152. The number of cyclic esters (lactones) is 1. The number of rotatable bonds is 0. The predicted molar refractivity (Wildman–Crippen MR) is 120 cm³/mol. The van der Waals surface area contributed by atoms with Gasteiger partial charge in [0.1, 0.15) is 18.3 Å². The first-order valence-corrected chi connectivity index (χ1v) is 10.9. The van der Waals surface area contributed by atoms with Crippen LogP contribution in [0.15, 0.2) is 29.3 Å². The fourth-order valence-corrected chi connectivity index (χ4v) is 4.43. The summed E-state index contributed by atoms with van der Waals surface area (Å²) in [4.78, 5) is 17.7. The third-order valence-electron chi connectivity index (χ3n) is 6.21. The van der Waals surface area contributed by atoms with Gasteiger partial charge in [0.15, 0.2) is 5.79 Å². The Bertz CT molecular complexity index is 961. The highest BCUT2D eigenvalue weighted by molar-refractivity contribution is 5.99. The minimum absolute atomic E-state index is 0.0814. The van der Waals surface area contributed by atoms with Gasteiger partial charge in [-0.2, -0.15) is 0 Å². The SMILES string of the molecule is Cc1cc2c(c3c1C(=O)O[C@@H](C)[C@H](C)/C=C\C(O)[C@H]1OC(C)(C)O[C@H]1CC=C3)N=CC2. The fourth-order valence-electron chi connectivity index (χ4n) is 4.43. The molecule has 0 aromatic heterocycles. The van der Waals surface area contributed by atoms with Crippen molar-refractivity contribution in [1.82, 2.24) is 0 Å². The first-order valence-electron chi connectivity index (χ1n) is 10.9. The van der Waals surface area contributed by atoms with E-state index in [2.05, 4.69) is 4.99 Å². The Morgan fingerprint density at radius 1 is 1.19 bits per heavy atom. The van der Waals surface area contributed by atoms with Crippen molar-refractivity contribution >= 4 is 23.9 Å². The zero-order chi connectivity index (χ0) is 22.3. The lowest BCUT2D eigenvalue weighted by atomic mass is 9.94.